The van der Waals surface area contributed by atoms with Crippen molar-refractivity contribution in [2.45, 2.75) is 26.5 Å². The molecule has 1 N–H and O–H groups in total. The third kappa shape index (κ3) is 4.32. The lowest BCUT2D eigenvalue weighted by Crippen LogP contribution is -2.35. The van der Waals surface area contributed by atoms with Gasteiger partial charge in [-0.15, -0.1) is 0 Å². The molecule has 0 aliphatic rings. The number of amides is 1. The highest BCUT2D eigenvalue weighted by Gasteiger charge is 2.17. The first kappa shape index (κ1) is 20.4. The Morgan fingerprint density at radius 3 is 2.77 bits per heavy atom. The molecule has 1 unspecified atom stereocenters. The molecule has 0 aliphatic heterocycles. The molecule has 2 heterocycles. The highest BCUT2D eigenvalue weighted by molar-refractivity contribution is 7.17. The van der Waals surface area contributed by atoms with E-state index in [9.17, 15) is 9.18 Å². The normalized spacial score (nSPS) is 12.1. The third-order valence-electron chi connectivity index (χ3n) is 4.69. The van der Waals surface area contributed by atoms with Crippen molar-refractivity contribution in [3.8, 4) is 17.0 Å². The van der Waals surface area contributed by atoms with E-state index in [0.717, 1.165) is 26.8 Å². The molecule has 0 bridgehead atoms. The Morgan fingerprint density at radius 1 is 1.30 bits per heavy atom. The number of carbonyl (C=O) groups is 1. The number of aromatic nitrogens is 2. The number of halogens is 2. The standard InChI is InChI=1S/C22H19ClFN3O2S/c1-13-20(11-25-21(28)14(2)29-18-5-3-4-16(23)10-18)30-22-26-19(12-27(13)22)15-6-8-17(24)9-7-15/h3-10,12,14H,11H2,1-2H3,(H,25,28). The summed E-state index contributed by atoms with van der Waals surface area (Å²) in [6, 6.07) is 13.2. The molecule has 4 aromatic rings. The maximum Gasteiger partial charge on any atom is 0.261 e. The second-order valence-corrected chi connectivity index (χ2v) is 8.33. The van der Waals surface area contributed by atoms with Crippen LogP contribution in [0.3, 0.4) is 0 Å². The van der Waals surface area contributed by atoms with Gasteiger partial charge in [0.05, 0.1) is 12.2 Å². The largest absolute Gasteiger partial charge is 0.481 e. The number of hydrogen-bond acceptors (Lipinski definition) is 4. The van der Waals surface area contributed by atoms with E-state index in [0.29, 0.717) is 17.3 Å². The van der Waals surface area contributed by atoms with Crippen LogP contribution in [0.4, 0.5) is 4.39 Å². The van der Waals surface area contributed by atoms with Crippen LogP contribution in [0.2, 0.25) is 5.02 Å². The number of rotatable bonds is 6. The number of carbonyl (C=O) groups excluding carboxylic acids is 1. The second-order valence-electron chi connectivity index (χ2n) is 6.83. The van der Waals surface area contributed by atoms with Crippen LogP contribution < -0.4 is 10.1 Å². The van der Waals surface area contributed by atoms with E-state index in [1.54, 1.807) is 43.3 Å². The third-order valence-corrected chi connectivity index (χ3v) is 6.09. The summed E-state index contributed by atoms with van der Waals surface area (Å²) in [5, 5.41) is 3.46. The summed E-state index contributed by atoms with van der Waals surface area (Å²) < 4.78 is 20.8. The molecule has 0 aliphatic carbocycles. The average molecular weight is 444 g/mol. The van der Waals surface area contributed by atoms with Crippen molar-refractivity contribution in [2.24, 2.45) is 0 Å². The van der Waals surface area contributed by atoms with Gasteiger partial charge in [-0.3, -0.25) is 9.20 Å². The number of imidazole rings is 1. The fourth-order valence-corrected chi connectivity index (χ4v) is 4.25. The first-order valence-corrected chi connectivity index (χ1v) is 10.5. The molecule has 30 heavy (non-hydrogen) atoms. The van der Waals surface area contributed by atoms with E-state index in [1.165, 1.54) is 23.5 Å². The highest BCUT2D eigenvalue weighted by atomic mass is 35.5. The predicted molar refractivity (Wildman–Crippen MR) is 117 cm³/mol. The van der Waals surface area contributed by atoms with Crippen molar-refractivity contribution in [1.82, 2.24) is 14.7 Å². The van der Waals surface area contributed by atoms with Gasteiger partial charge in [0.25, 0.3) is 5.91 Å². The van der Waals surface area contributed by atoms with Gasteiger partial charge in [-0.25, -0.2) is 9.37 Å². The van der Waals surface area contributed by atoms with Crippen molar-refractivity contribution in [1.29, 1.82) is 0 Å². The van der Waals surface area contributed by atoms with Gasteiger partial charge in [0.2, 0.25) is 0 Å². The van der Waals surface area contributed by atoms with Crippen LogP contribution in [0.1, 0.15) is 17.5 Å². The number of aryl methyl sites for hydroxylation is 1. The Morgan fingerprint density at radius 2 is 2.07 bits per heavy atom. The van der Waals surface area contributed by atoms with Crippen molar-refractivity contribution >= 4 is 33.8 Å². The average Bonchev–Trinajstić information content (AvgIpc) is 3.26. The fraction of sp³-hybridized carbons (Fsp3) is 0.182. The molecule has 0 fully saturated rings. The van der Waals surface area contributed by atoms with Gasteiger partial charge in [-0.2, -0.15) is 0 Å². The van der Waals surface area contributed by atoms with Crippen LogP contribution in [0.15, 0.2) is 54.7 Å². The van der Waals surface area contributed by atoms with Gasteiger partial charge in [0.15, 0.2) is 11.1 Å². The molecule has 4 rings (SSSR count). The number of benzene rings is 2. The molecule has 0 saturated carbocycles. The number of hydrogen-bond donors (Lipinski definition) is 1. The lowest BCUT2D eigenvalue weighted by Gasteiger charge is -2.14. The monoisotopic (exact) mass is 443 g/mol. The molecule has 2 aromatic carbocycles. The van der Waals surface area contributed by atoms with E-state index >= 15 is 0 Å². The minimum absolute atomic E-state index is 0.215. The summed E-state index contributed by atoms with van der Waals surface area (Å²) >= 11 is 7.45. The smallest absolute Gasteiger partial charge is 0.261 e. The SMILES string of the molecule is Cc1c(CNC(=O)C(C)Oc2cccc(Cl)c2)sc2nc(-c3ccc(F)cc3)cn12. The Labute approximate surface area is 182 Å². The summed E-state index contributed by atoms with van der Waals surface area (Å²) in [6.07, 6.45) is 1.27. The number of ether oxygens (including phenoxy) is 1. The van der Waals surface area contributed by atoms with Crippen LogP contribution in [0, 0.1) is 12.7 Å². The van der Waals surface area contributed by atoms with Crippen molar-refractivity contribution in [3.63, 3.8) is 0 Å². The minimum Gasteiger partial charge on any atom is -0.481 e. The van der Waals surface area contributed by atoms with E-state index in [4.69, 9.17) is 16.3 Å². The summed E-state index contributed by atoms with van der Waals surface area (Å²) in [5.74, 6) is 0.0548. The van der Waals surface area contributed by atoms with E-state index in [2.05, 4.69) is 10.3 Å². The van der Waals surface area contributed by atoms with Crippen LogP contribution >= 0.6 is 22.9 Å². The van der Waals surface area contributed by atoms with Crippen molar-refractivity contribution in [2.75, 3.05) is 0 Å². The van der Waals surface area contributed by atoms with Gasteiger partial charge in [-0.1, -0.05) is 29.0 Å². The quantitative estimate of drug-likeness (QED) is 0.443. The zero-order valence-electron chi connectivity index (χ0n) is 16.4. The zero-order valence-corrected chi connectivity index (χ0v) is 17.9. The lowest BCUT2D eigenvalue weighted by molar-refractivity contribution is -0.127. The number of thiazole rings is 1. The molecule has 1 atom stereocenters. The Hall–Kier alpha value is -2.90. The zero-order chi connectivity index (χ0) is 21.3. The molecule has 5 nitrogen and oxygen atoms in total. The summed E-state index contributed by atoms with van der Waals surface area (Å²) in [6.45, 7) is 4.06. The van der Waals surface area contributed by atoms with Crippen LogP contribution in [0.25, 0.3) is 16.2 Å². The molecule has 2 aromatic heterocycles. The topological polar surface area (TPSA) is 55.6 Å². The van der Waals surface area contributed by atoms with Crippen LogP contribution in [-0.2, 0) is 11.3 Å². The van der Waals surface area contributed by atoms with Gasteiger partial charge >= 0.3 is 0 Å². The van der Waals surface area contributed by atoms with Crippen molar-refractivity contribution in [3.05, 3.63) is 76.1 Å². The number of fused-ring (bicyclic) bond motifs is 1. The van der Waals surface area contributed by atoms with Crippen LogP contribution in [0.5, 0.6) is 5.75 Å². The maximum absolute atomic E-state index is 13.1. The first-order chi connectivity index (χ1) is 14.4. The first-order valence-electron chi connectivity index (χ1n) is 9.34. The molecule has 0 saturated heterocycles. The number of nitrogens with zero attached hydrogens (tertiary/aromatic N) is 2. The predicted octanol–water partition coefficient (Wildman–Crippen LogP) is 5.25. The van der Waals surface area contributed by atoms with Crippen molar-refractivity contribution < 1.29 is 13.9 Å². The molecular weight excluding hydrogens is 425 g/mol. The van der Waals surface area contributed by atoms with Gasteiger partial charge in [0.1, 0.15) is 11.6 Å². The molecule has 0 radical (unpaired) electrons. The Balaban J connectivity index is 1.42. The number of nitrogens with one attached hydrogen (secondary N) is 1. The Kier molecular flexibility index (Phi) is 5.74. The van der Waals surface area contributed by atoms with Crippen LogP contribution in [-0.4, -0.2) is 21.4 Å². The summed E-state index contributed by atoms with van der Waals surface area (Å²) in [7, 11) is 0. The maximum atomic E-state index is 13.1. The molecule has 8 heteroatoms. The lowest BCUT2D eigenvalue weighted by atomic mass is 10.2. The molecule has 154 valence electrons. The van der Waals surface area contributed by atoms with E-state index in [1.807, 2.05) is 17.5 Å². The minimum atomic E-state index is -0.655. The summed E-state index contributed by atoms with van der Waals surface area (Å²) in [4.78, 5) is 18.9. The highest BCUT2D eigenvalue weighted by Crippen LogP contribution is 2.27. The van der Waals surface area contributed by atoms with Gasteiger partial charge in [-0.05, 0) is 56.3 Å². The fourth-order valence-electron chi connectivity index (χ4n) is 3.03. The Bertz CT molecular complexity index is 1200. The molecular formula is C22H19ClFN3O2S. The van der Waals surface area contributed by atoms with E-state index < -0.39 is 6.10 Å². The van der Waals surface area contributed by atoms with Gasteiger partial charge < -0.3 is 10.1 Å². The van der Waals surface area contributed by atoms with E-state index in [-0.39, 0.29) is 11.7 Å². The van der Waals surface area contributed by atoms with Gasteiger partial charge in [0, 0.05) is 27.4 Å². The molecule has 1 amide bonds. The summed E-state index contributed by atoms with van der Waals surface area (Å²) in [5.41, 5.74) is 2.64. The molecule has 0 spiro atoms. The second kappa shape index (κ2) is 8.45.